The average molecular weight is 345 g/mol. The fraction of sp³-hybridized carbons (Fsp3) is 0.176. The molecule has 0 spiro atoms. The van der Waals surface area contributed by atoms with E-state index in [0.29, 0.717) is 16.9 Å². The van der Waals surface area contributed by atoms with Crippen molar-refractivity contribution in [2.75, 3.05) is 6.26 Å². The van der Waals surface area contributed by atoms with Gasteiger partial charge in [0, 0.05) is 18.1 Å². The monoisotopic (exact) mass is 345 g/mol. The fourth-order valence-corrected chi connectivity index (χ4v) is 2.59. The van der Waals surface area contributed by atoms with E-state index in [2.05, 4.69) is 0 Å². The van der Waals surface area contributed by atoms with Crippen LogP contribution >= 0.6 is 11.8 Å². The summed E-state index contributed by atoms with van der Waals surface area (Å²) in [5.74, 6) is -0.430. The van der Waals surface area contributed by atoms with Crippen molar-refractivity contribution in [3.63, 3.8) is 0 Å². The van der Waals surface area contributed by atoms with Gasteiger partial charge in [0.1, 0.15) is 5.75 Å². The lowest BCUT2D eigenvalue weighted by Gasteiger charge is -2.06. The van der Waals surface area contributed by atoms with Crippen LogP contribution in [0.3, 0.4) is 0 Å². The van der Waals surface area contributed by atoms with Gasteiger partial charge in [0.25, 0.3) is 5.69 Å². The lowest BCUT2D eigenvalue weighted by atomic mass is 10.1. The minimum Gasteiger partial charge on any atom is -0.423 e. The maximum atomic E-state index is 12.1. The smallest absolute Gasteiger partial charge is 0.343 e. The van der Waals surface area contributed by atoms with Crippen LogP contribution in [0.2, 0.25) is 0 Å². The van der Waals surface area contributed by atoms with Gasteiger partial charge in [-0.15, -0.1) is 11.8 Å². The Kier molecular flexibility index (Phi) is 5.70. The number of ketones is 1. The largest absolute Gasteiger partial charge is 0.423 e. The second kappa shape index (κ2) is 7.74. The molecule has 24 heavy (non-hydrogen) atoms. The van der Waals surface area contributed by atoms with Gasteiger partial charge in [-0.3, -0.25) is 14.9 Å². The number of nitro groups is 1. The number of nitrogens with zero attached hydrogens (tertiary/aromatic N) is 1. The Morgan fingerprint density at radius 2 is 1.75 bits per heavy atom. The van der Waals surface area contributed by atoms with Crippen molar-refractivity contribution in [1.29, 1.82) is 0 Å². The number of ether oxygens (including phenoxy) is 1. The number of carbonyl (C=O) groups is 2. The number of hydrogen-bond donors (Lipinski definition) is 0. The molecule has 0 aliphatic rings. The summed E-state index contributed by atoms with van der Waals surface area (Å²) in [6.07, 6.45) is 2.12. The highest BCUT2D eigenvalue weighted by Gasteiger charge is 2.18. The molecule has 0 aliphatic heterocycles. The van der Waals surface area contributed by atoms with Crippen molar-refractivity contribution in [3.05, 3.63) is 63.7 Å². The summed E-state index contributed by atoms with van der Waals surface area (Å²) in [4.78, 5) is 34.7. The molecule has 0 bridgehead atoms. The summed E-state index contributed by atoms with van der Waals surface area (Å²) in [5, 5.41) is 11.1. The molecule has 0 heterocycles. The molecule has 0 atom stereocenters. The maximum Gasteiger partial charge on any atom is 0.343 e. The van der Waals surface area contributed by atoms with Crippen molar-refractivity contribution in [2.45, 2.75) is 18.2 Å². The van der Waals surface area contributed by atoms with Crippen molar-refractivity contribution in [2.24, 2.45) is 0 Å². The quantitative estimate of drug-likeness (QED) is 0.195. The molecule has 124 valence electrons. The van der Waals surface area contributed by atoms with E-state index in [1.54, 1.807) is 25.3 Å². The highest BCUT2D eigenvalue weighted by atomic mass is 32.2. The summed E-state index contributed by atoms with van der Waals surface area (Å²) >= 11 is 1.23. The molecule has 0 N–H and O–H groups in total. The van der Waals surface area contributed by atoms with Crippen LogP contribution in [0.1, 0.15) is 34.1 Å². The second-order valence-electron chi connectivity index (χ2n) is 4.83. The van der Waals surface area contributed by atoms with Crippen LogP contribution in [0.15, 0.2) is 47.4 Å². The van der Waals surface area contributed by atoms with Crippen LogP contribution < -0.4 is 4.74 Å². The molecule has 2 aromatic rings. The van der Waals surface area contributed by atoms with Gasteiger partial charge in [0.05, 0.1) is 15.4 Å². The Morgan fingerprint density at radius 3 is 2.29 bits per heavy atom. The Bertz CT molecular complexity index is 786. The summed E-state index contributed by atoms with van der Waals surface area (Å²) < 4.78 is 5.20. The Labute approximate surface area is 143 Å². The van der Waals surface area contributed by atoms with Crippen LogP contribution in [0.4, 0.5) is 5.69 Å². The van der Waals surface area contributed by atoms with E-state index >= 15 is 0 Å². The molecule has 0 aliphatic carbocycles. The highest BCUT2D eigenvalue weighted by Crippen LogP contribution is 2.28. The molecule has 0 fully saturated rings. The first-order chi connectivity index (χ1) is 11.5. The van der Waals surface area contributed by atoms with Gasteiger partial charge in [0.2, 0.25) is 0 Å². The molecule has 2 rings (SSSR count). The van der Waals surface area contributed by atoms with Crippen molar-refractivity contribution < 1.29 is 19.2 Å². The van der Waals surface area contributed by atoms with E-state index in [1.807, 2.05) is 0 Å². The van der Waals surface area contributed by atoms with Crippen molar-refractivity contribution in [1.82, 2.24) is 0 Å². The minimum absolute atomic E-state index is 0.00356. The van der Waals surface area contributed by atoms with Crippen molar-refractivity contribution in [3.8, 4) is 5.75 Å². The zero-order chi connectivity index (χ0) is 17.7. The predicted molar refractivity (Wildman–Crippen MR) is 90.9 cm³/mol. The van der Waals surface area contributed by atoms with E-state index < -0.39 is 10.9 Å². The Morgan fingerprint density at radius 1 is 1.12 bits per heavy atom. The van der Waals surface area contributed by atoms with Crippen LogP contribution in [-0.4, -0.2) is 22.9 Å². The zero-order valence-electron chi connectivity index (χ0n) is 13.1. The van der Waals surface area contributed by atoms with Gasteiger partial charge in [-0.2, -0.15) is 0 Å². The number of thioether (sulfide) groups is 1. The molecule has 0 unspecified atom stereocenters. The molecular weight excluding hydrogens is 330 g/mol. The van der Waals surface area contributed by atoms with Gasteiger partial charge in [-0.25, -0.2) is 4.79 Å². The van der Waals surface area contributed by atoms with E-state index in [-0.39, 0.29) is 22.8 Å². The number of Topliss-reactive ketones (excluding diaryl/α,β-unsaturated/α-hetero) is 1. The number of esters is 1. The maximum absolute atomic E-state index is 12.1. The molecule has 0 saturated carbocycles. The molecule has 2 aromatic carbocycles. The number of rotatable bonds is 6. The normalized spacial score (nSPS) is 10.2. The molecular formula is C17H15NO5S. The first-order valence-corrected chi connectivity index (χ1v) is 8.36. The van der Waals surface area contributed by atoms with E-state index in [9.17, 15) is 19.7 Å². The number of hydrogen-bond acceptors (Lipinski definition) is 6. The minimum atomic E-state index is -0.694. The first kappa shape index (κ1) is 17.7. The predicted octanol–water partition coefficient (Wildman–Crippen LogP) is 4.13. The van der Waals surface area contributed by atoms with Crippen LogP contribution in [0.25, 0.3) is 0 Å². The first-order valence-electron chi connectivity index (χ1n) is 7.14. The fourth-order valence-electron chi connectivity index (χ4n) is 2.04. The van der Waals surface area contributed by atoms with Crippen LogP contribution in [0.5, 0.6) is 5.75 Å². The molecule has 0 amide bonds. The van der Waals surface area contributed by atoms with Crippen LogP contribution in [-0.2, 0) is 0 Å². The van der Waals surface area contributed by atoms with Gasteiger partial charge in [-0.05, 0) is 42.7 Å². The summed E-state index contributed by atoms with van der Waals surface area (Å²) in [6, 6.07) is 10.4. The molecule has 0 radical (unpaired) electrons. The van der Waals surface area contributed by atoms with Gasteiger partial charge in [0.15, 0.2) is 5.78 Å². The zero-order valence-corrected chi connectivity index (χ0v) is 14.0. The Balaban J connectivity index is 2.19. The molecule has 0 aromatic heterocycles. The van der Waals surface area contributed by atoms with Gasteiger partial charge < -0.3 is 4.74 Å². The molecule has 0 saturated heterocycles. The highest BCUT2D eigenvalue weighted by molar-refractivity contribution is 7.98. The third-order valence-electron chi connectivity index (χ3n) is 3.32. The molecule has 6 nitrogen and oxygen atoms in total. The van der Waals surface area contributed by atoms with Gasteiger partial charge in [-0.1, -0.05) is 6.92 Å². The van der Waals surface area contributed by atoms with E-state index in [0.717, 1.165) is 0 Å². The summed E-state index contributed by atoms with van der Waals surface area (Å²) in [6.45, 7) is 1.77. The van der Waals surface area contributed by atoms with Gasteiger partial charge >= 0.3 is 5.97 Å². The van der Waals surface area contributed by atoms with E-state index in [4.69, 9.17) is 4.74 Å². The number of benzene rings is 2. The lowest BCUT2D eigenvalue weighted by Crippen LogP contribution is -2.09. The standard InChI is InChI=1S/C17H15NO5S/c1-3-15(19)11-4-7-13(8-5-11)23-17(20)12-6-9-16(24-2)14(10-12)18(21)22/h4-10H,3H2,1-2H3. The lowest BCUT2D eigenvalue weighted by molar-refractivity contribution is -0.387. The number of carbonyl (C=O) groups excluding carboxylic acids is 2. The van der Waals surface area contributed by atoms with E-state index in [1.165, 1.54) is 42.1 Å². The van der Waals surface area contributed by atoms with Crippen molar-refractivity contribution >= 4 is 29.2 Å². The summed E-state index contributed by atoms with van der Waals surface area (Å²) in [7, 11) is 0. The topological polar surface area (TPSA) is 86.5 Å². The Hall–Kier alpha value is -2.67. The second-order valence-corrected chi connectivity index (χ2v) is 5.68. The average Bonchev–Trinajstić information content (AvgIpc) is 2.60. The number of nitro benzene ring substituents is 1. The van der Waals surface area contributed by atoms with Crippen LogP contribution in [0, 0.1) is 10.1 Å². The molecule has 7 heteroatoms. The third kappa shape index (κ3) is 3.99. The SMILES string of the molecule is CCC(=O)c1ccc(OC(=O)c2ccc(SC)c([N+](=O)[O-])c2)cc1. The third-order valence-corrected chi connectivity index (χ3v) is 4.10. The summed E-state index contributed by atoms with van der Waals surface area (Å²) in [5.41, 5.74) is 0.492.